The van der Waals surface area contributed by atoms with Crippen LogP contribution in [0.3, 0.4) is 0 Å². The summed E-state index contributed by atoms with van der Waals surface area (Å²) in [6.07, 6.45) is 0.775. The predicted octanol–water partition coefficient (Wildman–Crippen LogP) is 5.47. The minimum absolute atomic E-state index is 0.163. The zero-order valence-corrected chi connectivity index (χ0v) is 20.4. The molecule has 7 heteroatoms. The van der Waals surface area contributed by atoms with E-state index in [0.717, 1.165) is 28.3 Å². The molecule has 0 aliphatic rings. The van der Waals surface area contributed by atoms with Gasteiger partial charge in [-0.2, -0.15) is 0 Å². The minimum Gasteiger partial charge on any atom is -0.497 e. The Kier molecular flexibility index (Phi) is 8.59. The fraction of sp³-hybridized carbons (Fsp3) is 0.214. The van der Waals surface area contributed by atoms with E-state index in [9.17, 15) is 9.18 Å². The lowest BCUT2D eigenvalue weighted by Crippen LogP contribution is -2.26. The molecule has 4 rings (SSSR count). The fourth-order valence-corrected chi connectivity index (χ4v) is 4.56. The van der Waals surface area contributed by atoms with Crippen molar-refractivity contribution in [1.82, 2.24) is 15.2 Å². The van der Waals surface area contributed by atoms with Gasteiger partial charge < -0.3 is 10.1 Å². The lowest BCUT2D eigenvalue weighted by Gasteiger charge is -2.21. The third kappa shape index (κ3) is 7.47. The largest absolute Gasteiger partial charge is 0.497 e. The number of methoxy groups -OCH3 is 1. The van der Waals surface area contributed by atoms with Gasteiger partial charge in [0.25, 0.3) is 5.91 Å². The topological polar surface area (TPSA) is 54.5 Å². The first-order valence-electron chi connectivity index (χ1n) is 11.5. The summed E-state index contributed by atoms with van der Waals surface area (Å²) in [5.74, 6) is 0.392. The molecule has 0 saturated heterocycles. The Labute approximate surface area is 209 Å². The van der Waals surface area contributed by atoms with Crippen LogP contribution in [-0.4, -0.2) is 29.4 Å². The second kappa shape index (κ2) is 12.2. The van der Waals surface area contributed by atoms with Gasteiger partial charge in [-0.05, 0) is 47.4 Å². The highest BCUT2D eigenvalue weighted by molar-refractivity contribution is 7.09. The molecule has 1 amide bonds. The van der Waals surface area contributed by atoms with Crippen LogP contribution in [-0.2, 0) is 26.1 Å². The van der Waals surface area contributed by atoms with Crippen molar-refractivity contribution in [3.63, 3.8) is 0 Å². The summed E-state index contributed by atoms with van der Waals surface area (Å²) in [6.45, 7) is 2.44. The second-order valence-corrected chi connectivity index (χ2v) is 9.18. The Hall–Kier alpha value is -3.55. The standard InChI is InChI=1S/C28H28FN3O2S/c1-34-25-13-9-23(10-14-25)18-32(17-22-7-11-24(29)12-8-22)19-27-31-26(20-35-27)28(33)30-16-15-21-5-3-2-4-6-21/h2-14,20H,15-19H2,1H3,(H,30,33). The number of aromatic nitrogens is 1. The fourth-order valence-electron chi connectivity index (χ4n) is 3.74. The van der Waals surface area contributed by atoms with E-state index in [1.807, 2.05) is 54.6 Å². The van der Waals surface area contributed by atoms with Crippen molar-refractivity contribution in [3.8, 4) is 5.75 Å². The van der Waals surface area contributed by atoms with E-state index in [1.165, 1.54) is 29.0 Å². The number of carbonyl (C=O) groups excluding carboxylic acids is 1. The number of carbonyl (C=O) groups is 1. The van der Waals surface area contributed by atoms with Gasteiger partial charge in [0.1, 0.15) is 22.3 Å². The zero-order valence-electron chi connectivity index (χ0n) is 19.6. The number of amides is 1. The third-order valence-corrected chi connectivity index (χ3v) is 6.40. The third-order valence-electron chi connectivity index (χ3n) is 5.57. The summed E-state index contributed by atoms with van der Waals surface area (Å²) in [4.78, 5) is 19.4. The van der Waals surface area contributed by atoms with Crippen LogP contribution >= 0.6 is 11.3 Å². The molecule has 1 heterocycles. The first-order chi connectivity index (χ1) is 17.1. The van der Waals surface area contributed by atoms with E-state index in [-0.39, 0.29) is 11.7 Å². The summed E-state index contributed by atoms with van der Waals surface area (Å²) in [6, 6.07) is 24.5. The number of halogens is 1. The number of thiazole rings is 1. The normalized spacial score (nSPS) is 10.9. The predicted molar refractivity (Wildman–Crippen MR) is 137 cm³/mol. The van der Waals surface area contributed by atoms with Crippen molar-refractivity contribution in [2.75, 3.05) is 13.7 Å². The SMILES string of the molecule is COc1ccc(CN(Cc2ccc(F)cc2)Cc2nc(C(=O)NCCc3ccccc3)cs2)cc1. The molecule has 35 heavy (non-hydrogen) atoms. The van der Waals surface area contributed by atoms with Crippen molar-refractivity contribution in [1.29, 1.82) is 0 Å². The number of hydrogen-bond acceptors (Lipinski definition) is 5. The van der Waals surface area contributed by atoms with E-state index in [4.69, 9.17) is 4.74 Å². The van der Waals surface area contributed by atoms with E-state index in [0.29, 0.717) is 31.9 Å². The minimum atomic E-state index is -0.252. The van der Waals surface area contributed by atoms with Gasteiger partial charge in [0.2, 0.25) is 0 Å². The van der Waals surface area contributed by atoms with Crippen LogP contribution in [0.2, 0.25) is 0 Å². The summed E-state index contributed by atoms with van der Waals surface area (Å²) < 4.78 is 18.6. The summed E-state index contributed by atoms with van der Waals surface area (Å²) in [5, 5.41) is 5.61. The Bertz CT molecular complexity index is 1210. The van der Waals surface area contributed by atoms with Gasteiger partial charge >= 0.3 is 0 Å². The molecule has 180 valence electrons. The van der Waals surface area contributed by atoms with Gasteiger partial charge in [-0.15, -0.1) is 11.3 Å². The first kappa shape index (κ1) is 24.6. The zero-order chi connectivity index (χ0) is 24.5. The van der Waals surface area contributed by atoms with Crippen molar-refractivity contribution in [2.24, 2.45) is 0 Å². The average Bonchev–Trinajstić information content (AvgIpc) is 3.35. The molecule has 3 aromatic carbocycles. The van der Waals surface area contributed by atoms with Gasteiger partial charge in [-0.1, -0.05) is 54.6 Å². The molecule has 0 unspecified atom stereocenters. The second-order valence-electron chi connectivity index (χ2n) is 8.24. The molecule has 5 nitrogen and oxygen atoms in total. The highest BCUT2D eigenvalue weighted by Gasteiger charge is 2.15. The van der Waals surface area contributed by atoms with Crippen LogP contribution in [0.15, 0.2) is 84.2 Å². The van der Waals surface area contributed by atoms with Crippen LogP contribution in [0.4, 0.5) is 4.39 Å². The van der Waals surface area contributed by atoms with Gasteiger partial charge in [0.15, 0.2) is 0 Å². The van der Waals surface area contributed by atoms with Gasteiger partial charge in [-0.3, -0.25) is 9.69 Å². The Morgan fingerprint density at radius 2 is 1.57 bits per heavy atom. The maximum Gasteiger partial charge on any atom is 0.270 e. The number of ether oxygens (including phenoxy) is 1. The molecule has 1 aromatic heterocycles. The molecule has 0 atom stereocenters. The Balaban J connectivity index is 1.39. The smallest absolute Gasteiger partial charge is 0.270 e. The highest BCUT2D eigenvalue weighted by atomic mass is 32.1. The summed E-state index contributed by atoms with van der Waals surface area (Å²) >= 11 is 1.47. The van der Waals surface area contributed by atoms with E-state index >= 15 is 0 Å². The molecule has 0 aliphatic carbocycles. The first-order valence-corrected chi connectivity index (χ1v) is 12.3. The van der Waals surface area contributed by atoms with Crippen LogP contribution in [0, 0.1) is 5.82 Å². The molecular formula is C28H28FN3O2S. The molecule has 0 aliphatic heterocycles. The van der Waals surface area contributed by atoms with Crippen molar-refractivity contribution >= 4 is 17.2 Å². The molecule has 0 bridgehead atoms. The number of nitrogens with zero attached hydrogens (tertiary/aromatic N) is 2. The quantitative estimate of drug-likeness (QED) is 0.304. The Morgan fingerprint density at radius 1 is 0.914 bits per heavy atom. The van der Waals surface area contributed by atoms with Crippen molar-refractivity contribution in [3.05, 3.63) is 117 Å². The van der Waals surface area contributed by atoms with Crippen LogP contribution in [0.5, 0.6) is 5.75 Å². The highest BCUT2D eigenvalue weighted by Crippen LogP contribution is 2.19. The lowest BCUT2D eigenvalue weighted by molar-refractivity contribution is 0.0949. The number of nitrogens with one attached hydrogen (secondary N) is 1. The van der Waals surface area contributed by atoms with Crippen LogP contribution in [0.1, 0.15) is 32.2 Å². The maximum atomic E-state index is 13.4. The van der Waals surface area contributed by atoms with Crippen molar-refractivity contribution < 1.29 is 13.9 Å². The maximum absolute atomic E-state index is 13.4. The van der Waals surface area contributed by atoms with Crippen molar-refractivity contribution in [2.45, 2.75) is 26.1 Å². The summed E-state index contributed by atoms with van der Waals surface area (Å²) in [7, 11) is 1.65. The molecule has 0 saturated carbocycles. The monoisotopic (exact) mass is 489 g/mol. The number of benzene rings is 3. The molecule has 1 N–H and O–H groups in total. The molecule has 0 fully saturated rings. The molecule has 0 radical (unpaired) electrons. The number of hydrogen-bond donors (Lipinski definition) is 1. The molecular weight excluding hydrogens is 461 g/mol. The number of rotatable bonds is 11. The van der Waals surface area contributed by atoms with Crippen LogP contribution in [0.25, 0.3) is 0 Å². The van der Waals surface area contributed by atoms with E-state index in [1.54, 1.807) is 24.6 Å². The van der Waals surface area contributed by atoms with Gasteiger partial charge in [0.05, 0.1) is 13.7 Å². The van der Waals surface area contributed by atoms with E-state index in [2.05, 4.69) is 15.2 Å². The van der Waals surface area contributed by atoms with E-state index < -0.39 is 0 Å². The lowest BCUT2D eigenvalue weighted by atomic mass is 10.1. The summed E-state index contributed by atoms with van der Waals surface area (Å²) in [5.41, 5.74) is 3.75. The van der Waals surface area contributed by atoms with Gasteiger partial charge in [-0.25, -0.2) is 9.37 Å². The molecule has 4 aromatic rings. The van der Waals surface area contributed by atoms with Gasteiger partial charge in [0, 0.05) is 25.0 Å². The average molecular weight is 490 g/mol. The van der Waals surface area contributed by atoms with Crippen LogP contribution < -0.4 is 10.1 Å². The Morgan fingerprint density at radius 3 is 2.23 bits per heavy atom. The molecule has 0 spiro atoms.